The molecule has 354 valence electrons. The monoisotopic (exact) mass is 968 g/mol. The summed E-state index contributed by atoms with van der Waals surface area (Å²) in [5.41, 5.74) is 17.5. The first-order valence-electron chi connectivity index (χ1n) is 25.5. The van der Waals surface area contributed by atoms with Gasteiger partial charge >= 0.3 is 0 Å². The van der Waals surface area contributed by atoms with Gasteiger partial charge in [-0.05, 0) is 105 Å². The lowest BCUT2D eigenvalue weighted by Crippen LogP contribution is -2.07. The summed E-state index contributed by atoms with van der Waals surface area (Å²) in [5, 5.41) is 15.9. The average molecular weight is 969 g/mol. The van der Waals surface area contributed by atoms with Crippen LogP contribution in [0.25, 0.3) is 134 Å². The van der Waals surface area contributed by atoms with Crippen molar-refractivity contribution in [2.24, 2.45) is 0 Å². The van der Waals surface area contributed by atoms with Crippen LogP contribution >= 0.6 is 0 Å². The van der Waals surface area contributed by atoms with E-state index in [-0.39, 0.29) is 0 Å². The third-order valence-corrected chi connectivity index (χ3v) is 14.6. The van der Waals surface area contributed by atoms with Gasteiger partial charge in [0.1, 0.15) is 0 Å². The van der Waals surface area contributed by atoms with Crippen molar-refractivity contribution in [3.8, 4) is 96.1 Å². The van der Waals surface area contributed by atoms with E-state index < -0.39 is 0 Å². The molecule has 3 heterocycles. The molecule has 0 saturated heterocycles. The first-order chi connectivity index (χ1) is 37.6. The number of nitrogens with zero attached hydrogens (tertiary/aromatic N) is 6. The quantitative estimate of drug-likeness (QED) is 0.144. The SMILES string of the molecule is N#Cc1cc(-n2c3ccc(-c4ccccc4)cc3c3cc(-c4ccccc4)ccc32)c(-n2c3ccc(-c4ccccc4)cc3c3cc(-c4ccccc4)ccc32)cc1-c1nc(-c2ccccc2)nc(-c2ccccc2)n1. The first-order valence-corrected chi connectivity index (χ1v) is 25.5. The average Bonchev–Trinajstić information content (AvgIpc) is 4.07. The van der Waals surface area contributed by atoms with E-state index in [0.29, 0.717) is 28.6 Å². The number of aromatic nitrogens is 5. The standard InChI is InChI=1S/C70H44N6/c71-45-56-43-66(75-62-35-31-52(46-19-7-1-8-20-46)39-58(62)59-40-53(32-36-63(59)75)47-21-9-2-10-22-47)67(44-57(56)70-73-68(50-27-15-5-16-28-50)72-69(74-70)51-29-17-6-18-30-51)76-64-37-33-54(48-23-11-3-12-24-48)41-60(64)61-42-55(34-38-65(61)76)49-25-13-4-14-26-49/h1-44H. The maximum atomic E-state index is 11.5. The van der Waals surface area contributed by atoms with Gasteiger partial charge in [0, 0.05) is 38.2 Å². The van der Waals surface area contributed by atoms with Crippen LogP contribution in [0.5, 0.6) is 0 Å². The molecule has 0 amide bonds. The van der Waals surface area contributed by atoms with E-state index in [1.807, 2.05) is 66.7 Å². The van der Waals surface area contributed by atoms with Gasteiger partial charge in [-0.15, -0.1) is 0 Å². The molecule has 14 rings (SSSR count). The summed E-state index contributed by atoms with van der Waals surface area (Å²) >= 11 is 0. The molecular weight excluding hydrogens is 925 g/mol. The number of hydrogen-bond acceptors (Lipinski definition) is 4. The van der Waals surface area contributed by atoms with Crippen LogP contribution in [0.15, 0.2) is 267 Å². The Balaban J connectivity index is 1.11. The minimum Gasteiger partial charge on any atom is -0.307 e. The predicted octanol–water partition coefficient (Wildman–Crippen LogP) is 17.6. The maximum absolute atomic E-state index is 11.5. The Kier molecular flexibility index (Phi) is 10.8. The van der Waals surface area contributed by atoms with Gasteiger partial charge in [-0.3, -0.25) is 0 Å². The van der Waals surface area contributed by atoms with Crippen LogP contribution < -0.4 is 0 Å². The first kappa shape index (κ1) is 44.2. The van der Waals surface area contributed by atoms with E-state index in [0.717, 1.165) is 111 Å². The molecule has 3 aromatic heterocycles. The molecule has 0 radical (unpaired) electrons. The van der Waals surface area contributed by atoms with E-state index in [4.69, 9.17) is 15.0 Å². The van der Waals surface area contributed by atoms with E-state index in [2.05, 4.69) is 215 Å². The summed E-state index contributed by atoms with van der Waals surface area (Å²) < 4.78 is 4.72. The lowest BCUT2D eigenvalue weighted by Gasteiger charge is -2.19. The topological polar surface area (TPSA) is 72.3 Å². The lowest BCUT2D eigenvalue weighted by molar-refractivity contribution is 1.06. The van der Waals surface area contributed by atoms with Gasteiger partial charge in [0.2, 0.25) is 0 Å². The van der Waals surface area contributed by atoms with Crippen molar-refractivity contribution >= 4 is 43.6 Å². The van der Waals surface area contributed by atoms with Crippen LogP contribution in [0.1, 0.15) is 5.56 Å². The third kappa shape index (κ3) is 7.70. The van der Waals surface area contributed by atoms with Crippen molar-refractivity contribution in [3.63, 3.8) is 0 Å². The fraction of sp³-hybridized carbons (Fsp3) is 0. The Labute approximate surface area is 439 Å². The molecule has 76 heavy (non-hydrogen) atoms. The van der Waals surface area contributed by atoms with Gasteiger partial charge in [0.25, 0.3) is 0 Å². The third-order valence-electron chi connectivity index (χ3n) is 14.6. The normalized spacial score (nSPS) is 11.4. The molecule has 0 N–H and O–H groups in total. The fourth-order valence-electron chi connectivity index (χ4n) is 10.9. The van der Waals surface area contributed by atoms with Crippen LogP contribution in [-0.2, 0) is 0 Å². The summed E-state index contributed by atoms with van der Waals surface area (Å²) in [6.07, 6.45) is 0. The maximum Gasteiger partial charge on any atom is 0.165 e. The molecular formula is C70H44N6. The Bertz CT molecular complexity index is 4290. The molecule has 0 aliphatic carbocycles. The molecule has 0 unspecified atom stereocenters. The molecule has 0 fully saturated rings. The molecule has 0 bridgehead atoms. The molecule has 6 heteroatoms. The van der Waals surface area contributed by atoms with E-state index in [1.54, 1.807) is 0 Å². The van der Waals surface area contributed by atoms with Gasteiger partial charge in [-0.25, -0.2) is 15.0 Å². The van der Waals surface area contributed by atoms with Crippen LogP contribution in [-0.4, -0.2) is 24.1 Å². The Morgan fingerprint density at radius 2 is 0.539 bits per heavy atom. The summed E-state index contributed by atoms with van der Waals surface area (Å²) in [7, 11) is 0. The van der Waals surface area contributed by atoms with Crippen molar-refractivity contribution in [1.29, 1.82) is 5.26 Å². The van der Waals surface area contributed by atoms with Crippen LogP contribution in [0, 0.1) is 11.3 Å². The number of benzene rings is 11. The van der Waals surface area contributed by atoms with Crippen molar-refractivity contribution < 1.29 is 0 Å². The summed E-state index contributed by atoms with van der Waals surface area (Å²) in [5.74, 6) is 1.44. The second kappa shape index (κ2) is 18.5. The fourth-order valence-corrected chi connectivity index (χ4v) is 10.9. The zero-order valence-corrected chi connectivity index (χ0v) is 41.1. The second-order valence-electron chi connectivity index (χ2n) is 19.1. The van der Waals surface area contributed by atoms with Crippen molar-refractivity contribution in [1.82, 2.24) is 24.1 Å². The number of rotatable bonds is 9. The molecule has 0 spiro atoms. The van der Waals surface area contributed by atoms with Crippen LogP contribution in [0.3, 0.4) is 0 Å². The molecule has 14 aromatic rings. The minimum absolute atomic E-state index is 0.401. The molecule has 11 aromatic carbocycles. The summed E-state index contributed by atoms with van der Waals surface area (Å²) in [6, 6.07) is 96.1. The van der Waals surface area contributed by atoms with Crippen LogP contribution in [0.2, 0.25) is 0 Å². The van der Waals surface area contributed by atoms with Crippen molar-refractivity contribution in [2.75, 3.05) is 0 Å². The minimum atomic E-state index is 0.401. The molecule has 0 aliphatic heterocycles. The summed E-state index contributed by atoms with van der Waals surface area (Å²) in [6.45, 7) is 0. The largest absolute Gasteiger partial charge is 0.307 e. The number of hydrogen-bond donors (Lipinski definition) is 0. The zero-order chi connectivity index (χ0) is 50.5. The predicted molar refractivity (Wildman–Crippen MR) is 311 cm³/mol. The van der Waals surface area contributed by atoms with E-state index >= 15 is 0 Å². The van der Waals surface area contributed by atoms with Crippen molar-refractivity contribution in [3.05, 3.63) is 272 Å². The molecule has 0 aliphatic rings. The molecule has 0 saturated carbocycles. The van der Waals surface area contributed by atoms with Gasteiger partial charge in [-0.1, -0.05) is 206 Å². The highest BCUT2D eigenvalue weighted by molar-refractivity contribution is 6.14. The number of nitriles is 1. The molecule has 0 atom stereocenters. The van der Waals surface area contributed by atoms with E-state index in [9.17, 15) is 5.26 Å². The highest BCUT2D eigenvalue weighted by Crippen LogP contribution is 2.44. The van der Waals surface area contributed by atoms with Crippen molar-refractivity contribution in [2.45, 2.75) is 0 Å². The highest BCUT2D eigenvalue weighted by atomic mass is 15.1. The van der Waals surface area contributed by atoms with Crippen LogP contribution in [0.4, 0.5) is 0 Å². The van der Waals surface area contributed by atoms with Gasteiger partial charge in [0.05, 0.1) is 45.1 Å². The van der Waals surface area contributed by atoms with Gasteiger partial charge in [-0.2, -0.15) is 5.26 Å². The van der Waals surface area contributed by atoms with Gasteiger partial charge in [0.15, 0.2) is 17.5 Å². The second-order valence-corrected chi connectivity index (χ2v) is 19.1. The Morgan fingerprint density at radius 1 is 0.263 bits per heavy atom. The smallest absolute Gasteiger partial charge is 0.165 e. The van der Waals surface area contributed by atoms with Gasteiger partial charge < -0.3 is 9.13 Å². The molecule has 6 nitrogen and oxygen atoms in total. The zero-order valence-electron chi connectivity index (χ0n) is 41.1. The summed E-state index contributed by atoms with van der Waals surface area (Å²) in [4.78, 5) is 15.5. The lowest BCUT2D eigenvalue weighted by atomic mass is 10.0. The van der Waals surface area contributed by atoms with E-state index in [1.165, 1.54) is 0 Å². The Hall–Kier alpha value is -10.5. The Morgan fingerprint density at radius 3 is 0.842 bits per heavy atom. The highest BCUT2D eigenvalue weighted by Gasteiger charge is 2.25. The number of fused-ring (bicyclic) bond motifs is 6.